The number of nitrogens with zero attached hydrogens (tertiary/aromatic N) is 4. The minimum absolute atomic E-state index is 0.0907. The fourth-order valence-corrected chi connectivity index (χ4v) is 4.87. The van der Waals surface area contributed by atoms with Gasteiger partial charge in [0.1, 0.15) is 11.6 Å². The van der Waals surface area contributed by atoms with E-state index in [1.807, 2.05) is 6.92 Å². The monoisotopic (exact) mass is 586 g/mol. The van der Waals surface area contributed by atoms with Gasteiger partial charge in [-0.15, -0.1) is 0 Å². The number of halogens is 3. The van der Waals surface area contributed by atoms with Crippen molar-refractivity contribution in [2.75, 3.05) is 6.61 Å². The molecule has 2 heterocycles. The van der Waals surface area contributed by atoms with Gasteiger partial charge in [-0.25, -0.2) is 4.98 Å². The molecule has 1 atom stereocenters. The molecule has 0 aliphatic heterocycles. The maximum absolute atomic E-state index is 13.9. The van der Waals surface area contributed by atoms with Crippen molar-refractivity contribution in [2.24, 2.45) is 0 Å². The summed E-state index contributed by atoms with van der Waals surface area (Å²) >= 11 is 0. The number of para-hydroxylation sites is 1. The van der Waals surface area contributed by atoms with Crippen LogP contribution >= 0.6 is 0 Å². The minimum Gasteiger partial charge on any atom is -0.494 e. The molecule has 7 nitrogen and oxygen atoms in total. The quantitative estimate of drug-likeness (QED) is 0.196. The van der Waals surface area contributed by atoms with Crippen LogP contribution in [0, 0.1) is 0 Å². The summed E-state index contributed by atoms with van der Waals surface area (Å²) in [4.78, 5) is 38.5. The second-order valence-electron chi connectivity index (χ2n) is 9.94. The van der Waals surface area contributed by atoms with Crippen molar-refractivity contribution in [1.82, 2.24) is 19.4 Å². The molecule has 1 amide bonds. The van der Waals surface area contributed by atoms with Gasteiger partial charge >= 0.3 is 6.18 Å². The third-order valence-corrected chi connectivity index (χ3v) is 7.06. The first-order valence-corrected chi connectivity index (χ1v) is 13.8. The van der Waals surface area contributed by atoms with Crippen LogP contribution in [-0.4, -0.2) is 31.9 Å². The highest BCUT2D eigenvalue weighted by Crippen LogP contribution is 2.30. The number of benzene rings is 3. The Labute approximate surface area is 246 Å². The molecule has 0 bridgehead atoms. The van der Waals surface area contributed by atoms with Crippen molar-refractivity contribution in [3.8, 4) is 11.4 Å². The molecule has 10 heteroatoms. The number of aromatic nitrogens is 3. The van der Waals surface area contributed by atoms with E-state index in [2.05, 4.69) is 4.98 Å². The largest absolute Gasteiger partial charge is 0.494 e. The highest BCUT2D eigenvalue weighted by molar-refractivity contribution is 5.80. The third kappa shape index (κ3) is 6.58. The van der Waals surface area contributed by atoms with E-state index in [1.165, 1.54) is 16.7 Å². The third-order valence-electron chi connectivity index (χ3n) is 7.06. The predicted octanol–water partition coefficient (Wildman–Crippen LogP) is 6.53. The Hall–Kier alpha value is -4.99. The van der Waals surface area contributed by atoms with Gasteiger partial charge in [0.15, 0.2) is 0 Å². The molecule has 2 aromatic heterocycles. The van der Waals surface area contributed by atoms with Gasteiger partial charge in [0.05, 0.1) is 53.5 Å². The van der Waals surface area contributed by atoms with Crippen molar-refractivity contribution < 1.29 is 22.7 Å². The van der Waals surface area contributed by atoms with E-state index in [0.717, 1.165) is 12.1 Å². The van der Waals surface area contributed by atoms with E-state index in [9.17, 15) is 22.8 Å². The normalized spacial score (nSPS) is 12.2. The average molecular weight is 587 g/mol. The summed E-state index contributed by atoms with van der Waals surface area (Å²) in [5, 5.41) is 0.416. The molecule has 5 aromatic rings. The molecule has 0 N–H and O–H groups in total. The van der Waals surface area contributed by atoms with Gasteiger partial charge < -0.3 is 9.64 Å². The van der Waals surface area contributed by atoms with Crippen LogP contribution in [0.5, 0.6) is 5.75 Å². The summed E-state index contributed by atoms with van der Waals surface area (Å²) in [6.07, 6.45) is -3.02. The number of hydrogen-bond donors (Lipinski definition) is 0. The SMILES string of the molecule is CCOc1ccc(-n2c([C@@H](C)N(Cc3ccccn3)C(=O)Cc3ccc(C(F)(F)F)cc3)nc3ccccc3c2=O)cc1. The van der Waals surface area contributed by atoms with Crippen LogP contribution in [0.15, 0.2) is 102 Å². The van der Waals surface area contributed by atoms with E-state index < -0.39 is 17.8 Å². The number of rotatable bonds is 9. The Morgan fingerprint density at radius 2 is 1.65 bits per heavy atom. The summed E-state index contributed by atoms with van der Waals surface area (Å²) in [6.45, 7) is 4.23. The fraction of sp³-hybridized carbons (Fsp3) is 0.212. The number of pyridine rings is 1. The van der Waals surface area contributed by atoms with E-state index in [0.29, 0.717) is 46.0 Å². The van der Waals surface area contributed by atoms with E-state index in [-0.39, 0.29) is 24.4 Å². The van der Waals surface area contributed by atoms with Gasteiger partial charge in [-0.1, -0.05) is 30.3 Å². The lowest BCUT2D eigenvalue weighted by Crippen LogP contribution is -2.38. The smallest absolute Gasteiger partial charge is 0.416 e. The number of carbonyl (C=O) groups excluding carboxylic acids is 1. The Morgan fingerprint density at radius 3 is 2.30 bits per heavy atom. The van der Waals surface area contributed by atoms with Crippen LogP contribution < -0.4 is 10.3 Å². The maximum atomic E-state index is 13.9. The van der Waals surface area contributed by atoms with Gasteiger partial charge in [0.25, 0.3) is 5.56 Å². The number of hydrogen-bond acceptors (Lipinski definition) is 5. The van der Waals surface area contributed by atoms with Crippen LogP contribution in [0.4, 0.5) is 13.2 Å². The molecule has 0 saturated carbocycles. The summed E-state index contributed by atoms with van der Waals surface area (Å²) < 4.78 is 46.4. The van der Waals surface area contributed by atoms with Crippen LogP contribution in [0.25, 0.3) is 16.6 Å². The van der Waals surface area contributed by atoms with Crippen molar-refractivity contribution in [1.29, 1.82) is 0 Å². The van der Waals surface area contributed by atoms with E-state index in [1.54, 1.807) is 84.8 Å². The zero-order valence-corrected chi connectivity index (χ0v) is 23.6. The molecule has 43 heavy (non-hydrogen) atoms. The van der Waals surface area contributed by atoms with Crippen LogP contribution in [0.3, 0.4) is 0 Å². The standard InChI is InChI=1S/C33H29F3N4O3/c1-3-43-27-17-15-26(16-18-27)40-31(38-29-10-5-4-9-28(29)32(40)42)22(2)39(21-25-8-6-7-19-37-25)30(41)20-23-11-13-24(14-12-23)33(34,35)36/h4-19,22H,3,20-21H2,1-2H3/t22-/m1/s1. The van der Waals surface area contributed by atoms with Crippen molar-refractivity contribution in [3.63, 3.8) is 0 Å². The van der Waals surface area contributed by atoms with Gasteiger partial charge in [-0.3, -0.25) is 19.1 Å². The lowest BCUT2D eigenvalue weighted by molar-refractivity contribution is -0.137. The van der Waals surface area contributed by atoms with Crippen LogP contribution in [0.2, 0.25) is 0 Å². The summed E-state index contributed by atoms with van der Waals surface area (Å²) in [5.41, 5.74) is 0.954. The lowest BCUT2D eigenvalue weighted by Gasteiger charge is -2.30. The Morgan fingerprint density at radius 1 is 0.953 bits per heavy atom. The Bertz CT molecular complexity index is 1770. The number of alkyl halides is 3. The summed E-state index contributed by atoms with van der Waals surface area (Å²) in [6, 6.07) is 23.1. The van der Waals surface area contributed by atoms with Crippen molar-refractivity contribution >= 4 is 16.8 Å². The van der Waals surface area contributed by atoms with Gasteiger partial charge in [0.2, 0.25) is 5.91 Å². The lowest BCUT2D eigenvalue weighted by atomic mass is 10.1. The molecule has 0 aliphatic rings. The van der Waals surface area contributed by atoms with Gasteiger partial charge in [-0.05, 0) is 80.1 Å². The molecule has 0 aliphatic carbocycles. The summed E-state index contributed by atoms with van der Waals surface area (Å²) in [7, 11) is 0. The number of carbonyl (C=O) groups is 1. The first-order valence-electron chi connectivity index (χ1n) is 13.8. The molecule has 0 spiro atoms. The molecule has 220 valence electrons. The first-order chi connectivity index (χ1) is 20.7. The molecule has 0 fully saturated rings. The first kappa shape index (κ1) is 29.5. The van der Waals surface area contributed by atoms with E-state index >= 15 is 0 Å². The minimum atomic E-state index is -4.48. The topological polar surface area (TPSA) is 77.3 Å². The zero-order valence-electron chi connectivity index (χ0n) is 23.6. The zero-order chi connectivity index (χ0) is 30.6. The maximum Gasteiger partial charge on any atom is 0.416 e. The summed E-state index contributed by atoms with van der Waals surface area (Å²) in [5.74, 6) is 0.606. The van der Waals surface area contributed by atoms with Gasteiger partial charge in [0, 0.05) is 6.20 Å². The van der Waals surface area contributed by atoms with Crippen LogP contribution in [0.1, 0.15) is 42.5 Å². The predicted molar refractivity (Wildman–Crippen MR) is 157 cm³/mol. The molecular weight excluding hydrogens is 557 g/mol. The van der Waals surface area contributed by atoms with Crippen LogP contribution in [-0.2, 0) is 23.9 Å². The molecule has 0 radical (unpaired) electrons. The number of ether oxygens (including phenoxy) is 1. The van der Waals surface area contributed by atoms with Crippen molar-refractivity contribution in [3.05, 3.63) is 130 Å². The molecule has 5 rings (SSSR count). The second kappa shape index (κ2) is 12.5. The molecule has 0 saturated heterocycles. The fourth-order valence-electron chi connectivity index (χ4n) is 4.87. The van der Waals surface area contributed by atoms with Gasteiger partial charge in [-0.2, -0.15) is 13.2 Å². The van der Waals surface area contributed by atoms with Crippen molar-refractivity contribution in [2.45, 2.75) is 39.0 Å². The molecule has 0 unspecified atom stereocenters. The molecule has 3 aromatic carbocycles. The highest BCUT2D eigenvalue weighted by Gasteiger charge is 2.31. The Kier molecular flexibility index (Phi) is 8.56. The number of fused-ring (bicyclic) bond motifs is 1. The number of amides is 1. The van der Waals surface area contributed by atoms with E-state index in [4.69, 9.17) is 9.72 Å². The molecular formula is C33H29F3N4O3. The highest BCUT2D eigenvalue weighted by atomic mass is 19.4. The second-order valence-corrected chi connectivity index (χ2v) is 9.94. The Balaban J connectivity index is 1.59. The average Bonchev–Trinajstić information content (AvgIpc) is 3.00.